The number of hydrogen-bond donors (Lipinski definition) is 2. The van der Waals surface area contributed by atoms with Gasteiger partial charge in [-0.15, -0.1) is 0 Å². The minimum absolute atomic E-state index is 0.464. The fourth-order valence-electron chi connectivity index (χ4n) is 0.389. The summed E-state index contributed by atoms with van der Waals surface area (Å²) in [7, 11) is 1.57. The zero-order valence-electron chi connectivity index (χ0n) is 5.01. The van der Waals surface area contributed by atoms with Gasteiger partial charge in [0.05, 0.1) is 0 Å². The van der Waals surface area contributed by atoms with Gasteiger partial charge in [0, 0.05) is 13.6 Å². The molecule has 0 unspecified atom stereocenters. The van der Waals surface area contributed by atoms with Crippen molar-refractivity contribution in [3.05, 3.63) is 0 Å². The lowest BCUT2D eigenvalue weighted by Crippen LogP contribution is -2.38. The van der Waals surface area contributed by atoms with Gasteiger partial charge in [-0.25, -0.2) is 15.2 Å². The van der Waals surface area contributed by atoms with Crippen LogP contribution in [-0.4, -0.2) is 29.8 Å². The first-order valence-corrected chi connectivity index (χ1v) is 2.40. The molecule has 0 aliphatic carbocycles. The number of nitrogens with zero attached hydrogens (tertiary/aromatic N) is 1. The van der Waals surface area contributed by atoms with E-state index in [1.165, 1.54) is 0 Å². The SMILES string of the molecule is CCN(NC)C(=O)O. The van der Waals surface area contributed by atoms with Gasteiger partial charge in [-0.05, 0) is 6.92 Å². The quantitative estimate of drug-likeness (QED) is 0.506. The van der Waals surface area contributed by atoms with Gasteiger partial charge < -0.3 is 5.11 Å². The zero-order chi connectivity index (χ0) is 6.57. The van der Waals surface area contributed by atoms with E-state index in [-0.39, 0.29) is 0 Å². The van der Waals surface area contributed by atoms with Gasteiger partial charge in [0.2, 0.25) is 0 Å². The summed E-state index contributed by atoms with van der Waals surface area (Å²) in [5.74, 6) is 0. The smallest absolute Gasteiger partial charge is 0.421 e. The van der Waals surface area contributed by atoms with E-state index in [0.29, 0.717) is 6.54 Å². The van der Waals surface area contributed by atoms with Crippen molar-refractivity contribution in [2.24, 2.45) is 0 Å². The van der Waals surface area contributed by atoms with Crippen LogP contribution in [0.1, 0.15) is 6.92 Å². The molecule has 0 heterocycles. The molecular formula is C4H10N2O2. The second-order valence-corrected chi connectivity index (χ2v) is 1.25. The van der Waals surface area contributed by atoms with Gasteiger partial charge >= 0.3 is 6.09 Å². The Bertz CT molecular complexity index is 80.1. The van der Waals surface area contributed by atoms with E-state index in [2.05, 4.69) is 5.43 Å². The third-order valence-electron chi connectivity index (χ3n) is 0.817. The van der Waals surface area contributed by atoms with E-state index in [0.717, 1.165) is 5.01 Å². The number of hydrazine groups is 1. The normalized spacial score (nSPS) is 8.75. The third kappa shape index (κ3) is 1.79. The lowest BCUT2D eigenvalue weighted by Gasteiger charge is -2.13. The van der Waals surface area contributed by atoms with Crippen molar-refractivity contribution in [1.82, 2.24) is 10.4 Å². The monoisotopic (exact) mass is 118 g/mol. The maximum absolute atomic E-state index is 10.0. The van der Waals surface area contributed by atoms with Crippen LogP contribution in [0.3, 0.4) is 0 Å². The fraction of sp³-hybridized carbons (Fsp3) is 0.750. The summed E-state index contributed by atoms with van der Waals surface area (Å²) < 4.78 is 0. The molecular weight excluding hydrogens is 108 g/mol. The first kappa shape index (κ1) is 7.23. The van der Waals surface area contributed by atoms with Crippen LogP contribution in [0.5, 0.6) is 0 Å². The molecule has 0 saturated carbocycles. The summed E-state index contributed by atoms with van der Waals surface area (Å²) in [5, 5.41) is 9.32. The molecule has 1 amide bonds. The minimum atomic E-state index is -0.949. The summed E-state index contributed by atoms with van der Waals surface area (Å²) in [6, 6.07) is 0. The predicted molar refractivity (Wildman–Crippen MR) is 29.5 cm³/mol. The highest BCUT2D eigenvalue weighted by molar-refractivity contribution is 5.64. The van der Waals surface area contributed by atoms with Gasteiger partial charge in [-0.3, -0.25) is 0 Å². The Morgan fingerprint density at radius 1 is 1.88 bits per heavy atom. The summed E-state index contributed by atoms with van der Waals surface area (Å²) in [4.78, 5) is 10.0. The largest absolute Gasteiger partial charge is 0.464 e. The Labute approximate surface area is 48.1 Å². The molecule has 0 fully saturated rings. The van der Waals surface area contributed by atoms with E-state index < -0.39 is 6.09 Å². The Kier molecular flexibility index (Phi) is 2.95. The number of amides is 1. The maximum atomic E-state index is 10.0. The van der Waals surface area contributed by atoms with Crippen LogP contribution in [0.15, 0.2) is 0 Å². The van der Waals surface area contributed by atoms with Crippen LogP contribution in [0.2, 0.25) is 0 Å². The van der Waals surface area contributed by atoms with Crippen molar-refractivity contribution >= 4 is 6.09 Å². The number of hydrogen-bond acceptors (Lipinski definition) is 2. The average molecular weight is 118 g/mol. The van der Waals surface area contributed by atoms with Gasteiger partial charge in [0.15, 0.2) is 0 Å². The topological polar surface area (TPSA) is 52.6 Å². The van der Waals surface area contributed by atoms with Crippen molar-refractivity contribution in [1.29, 1.82) is 0 Å². The second-order valence-electron chi connectivity index (χ2n) is 1.25. The van der Waals surface area contributed by atoms with Gasteiger partial charge in [0.1, 0.15) is 0 Å². The van der Waals surface area contributed by atoms with Crippen LogP contribution in [0.4, 0.5) is 4.79 Å². The Hall–Kier alpha value is -0.770. The molecule has 8 heavy (non-hydrogen) atoms. The van der Waals surface area contributed by atoms with Crippen LogP contribution >= 0.6 is 0 Å². The number of carbonyl (C=O) groups is 1. The van der Waals surface area contributed by atoms with E-state index in [1.807, 2.05) is 0 Å². The lowest BCUT2D eigenvalue weighted by atomic mass is 10.7. The number of nitrogens with one attached hydrogen (secondary N) is 1. The highest BCUT2D eigenvalue weighted by atomic mass is 16.4. The van der Waals surface area contributed by atoms with Crippen molar-refractivity contribution in [3.63, 3.8) is 0 Å². The van der Waals surface area contributed by atoms with Gasteiger partial charge in [-0.2, -0.15) is 0 Å². The molecule has 0 aliphatic rings. The molecule has 0 bridgehead atoms. The van der Waals surface area contributed by atoms with Gasteiger partial charge in [0.25, 0.3) is 0 Å². The van der Waals surface area contributed by atoms with E-state index >= 15 is 0 Å². The molecule has 0 atom stereocenters. The Balaban J connectivity index is 3.52. The Morgan fingerprint density at radius 3 is 2.38 bits per heavy atom. The molecule has 2 N–H and O–H groups in total. The van der Waals surface area contributed by atoms with Crippen molar-refractivity contribution in [2.75, 3.05) is 13.6 Å². The molecule has 48 valence electrons. The fourth-order valence-corrected chi connectivity index (χ4v) is 0.389. The first-order valence-electron chi connectivity index (χ1n) is 2.40. The van der Waals surface area contributed by atoms with Crippen LogP contribution in [0, 0.1) is 0 Å². The van der Waals surface area contributed by atoms with E-state index in [1.54, 1.807) is 14.0 Å². The molecule has 0 aromatic carbocycles. The maximum Gasteiger partial charge on any atom is 0.421 e. The number of carboxylic acid groups (broad SMARTS) is 1. The number of rotatable bonds is 2. The highest BCUT2D eigenvalue weighted by Gasteiger charge is 2.02. The molecule has 0 radical (unpaired) electrons. The lowest BCUT2D eigenvalue weighted by molar-refractivity contribution is 0.129. The predicted octanol–water partition coefficient (Wildman–Crippen LogP) is 0.121. The Morgan fingerprint density at radius 2 is 2.38 bits per heavy atom. The summed E-state index contributed by atoms with van der Waals surface area (Å²) >= 11 is 0. The molecule has 0 aromatic rings. The molecule has 4 heteroatoms. The van der Waals surface area contributed by atoms with E-state index in [4.69, 9.17) is 5.11 Å². The zero-order valence-corrected chi connectivity index (χ0v) is 5.01. The highest BCUT2D eigenvalue weighted by Crippen LogP contribution is 1.78. The summed E-state index contributed by atoms with van der Waals surface area (Å²) in [5.41, 5.74) is 2.48. The molecule has 4 nitrogen and oxygen atoms in total. The minimum Gasteiger partial charge on any atom is -0.464 e. The van der Waals surface area contributed by atoms with Crippen LogP contribution in [-0.2, 0) is 0 Å². The second kappa shape index (κ2) is 3.26. The first-order chi connectivity index (χ1) is 3.72. The van der Waals surface area contributed by atoms with Gasteiger partial charge in [-0.1, -0.05) is 0 Å². The average Bonchev–Trinajstić information content (AvgIpc) is 1.69. The molecule has 0 saturated heterocycles. The standard InChI is InChI=1S/C4H10N2O2/c1-3-6(5-2)4(7)8/h5H,3H2,1-2H3,(H,7,8). The van der Waals surface area contributed by atoms with Crippen molar-refractivity contribution in [2.45, 2.75) is 6.92 Å². The van der Waals surface area contributed by atoms with Crippen molar-refractivity contribution < 1.29 is 9.90 Å². The molecule has 0 aliphatic heterocycles. The summed E-state index contributed by atoms with van der Waals surface area (Å²) in [6.07, 6.45) is -0.949. The van der Waals surface area contributed by atoms with Crippen LogP contribution < -0.4 is 5.43 Å². The van der Waals surface area contributed by atoms with E-state index in [9.17, 15) is 4.79 Å². The molecule has 0 spiro atoms. The summed E-state index contributed by atoms with van der Waals surface area (Å²) in [6.45, 7) is 2.22. The van der Waals surface area contributed by atoms with Crippen molar-refractivity contribution in [3.8, 4) is 0 Å². The molecule has 0 aromatic heterocycles. The third-order valence-corrected chi connectivity index (χ3v) is 0.817. The van der Waals surface area contributed by atoms with Crippen LogP contribution in [0.25, 0.3) is 0 Å². The molecule has 0 rings (SSSR count).